The van der Waals surface area contributed by atoms with Crippen molar-refractivity contribution in [3.05, 3.63) is 77.6 Å². The quantitative estimate of drug-likeness (QED) is 0.311. The van der Waals surface area contributed by atoms with Gasteiger partial charge in [0.05, 0.1) is 18.4 Å². The fraction of sp³-hybridized carbons (Fsp3) is 0.323. The summed E-state index contributed by atoms with van der Waals surface area (Å²) in [4.78, 5) is 46.6. The number of alkyl carbamates (subject to hydrolysis) is 1. The molecule has 9 nitrogen and oxygen atoms in total. The van der Waals surface area contributed by atoms with Gasteiger partial charge in [-0.3, -0.25) is 9.78 Å². The molecule has 2 aromatic heterocycles. The van der Waals surface area contributed by atoms with E-state index in [1.807, 2.05) is 50.2 Å². The number of aromatic nitrogens is 2. The molecule has 3 aromatic rings. The van der Waals surface area contributed by atoms with Crippen molar-refractivity contribution in [1.29, 1.82) is 0 Å². The molecule has 0 unspecified atom stereocenters. The van der Waals surface area contributed by atoms with Gasteiger partial charge in [0.1, 0.15) is 17.5 Å². The molecule has 1 aromatic carbocycles. The average Bonchev–Trinajstić information content (AvgIpc) is 2.90. The van der Waals surface area contributed by atoms with Crippen LogP contribution >= 0.6 is 0 Å². The van der Waals surface area contributed by atoms with Gasteiger partial charge in [0.25, 0.3) is 0 Å². The van der Waals surface area contributed by atoms with E-state index in [-0.39, 0.29) is 17.3 Å². The molecular weight excluding hydrogens is 508 g/mol. The number of pyridine rings is 2. The van der Waals surface area contributed by atoms with Gasteiger partial charge in [-0.1, -0.05) is 37.8 Å². The van der Waals surface area contributed by atoms with Gasteiger partial charge in [-0.2, -0.15) is 0 Å². The van der Waals surface area contributed by atoms with Crippen LogP contribution in [0.15, 0.2) is 60.9 Å². The van der Waals surface area contributed by atoms with E-state index >= 15 is 0 Å². The predicted molar refractivity (Wildman–Crippen MR) is 152 cm³/mol. The molecule has 0 aliphatic rings. The largest absolute Gasteiger partial charge is 0.465 e. The standard InChI is InChI=1S/C31H34N4O5/c1-20(2)16-26(34-30(38)40-31(3,4)5)28(36)35-27-18-24(29(37)39-6)17-25(33-27)23-13-11-21(12-14-23)9-10-22-8-7-15-32-19-22/h7-8,11-15,17-20,26H,16H2,1-6H3,(H,34,38)(H,33,35,36)/t26-/m0/s1. The van der Waals surface area contributed by atoms with Crippen LogP contribution in [0.2, 0.25) is 0 Å². The molecule has 0 saturated carbocycles. The van der Waals surface area contributed by atoms with Gasteiger partial charge in [-0.25, -0.2) is 14.6 Å². The number of hydrogen-bond donors (Lipinski definition) is 2. The highest BCUT2D eigenvalue weighted by atomic mass is 16.6. The molecule has 0 bridgehead atoms. The van der Waals surface area contributed by atoms with Crippen LogP contribution in [0.5, 0.6) is 0 Å². The van der Waals surface area contributed by atoms with Gasteiger partial charge in [0.2, 0.25) is 5.91 Å². The maximum Gasteiger partial charge on any atom is 0.408 e. The minimum absolute atomic E-state index is 0.107. The molecule has 40 heavy (non-hydrogen) atoms. The number of methoxy groups -OCH3 is 1. The van der Waals surface area contributed by atoms with Gasteiger partial charge in [-0.15, -0.1) is 0 Å². The molecule has 2 amide bonds. The fourth-order valence-corrected chi connectivity index (χ4v) is 3.65. The Morgan fingerprint density at radius 2 is 1.70 bits per heavy atom. The smallest absolute Gasteiger partial charge is 0.408 e. The minimum atomic E-state index is -0.875. The summed E-state index contributed by atoms with van der Waals surface area (Å²) < 4.78 is 10.2. The van der Waals surface area contributed by atoms with Crippen molar-refractivity contribution in [2.75, 3.05) is 12.4 Å². The molecule has 0 aliphatic heterocycles. The van der Waals surface area contributed by atoms with Crippen LogP contribution in [-0.4, -0.2) is 46.7 Å². The molecule has 2 N–H and O–H groups in total. The third-order valence-corrected chi connectivity index (χ3v) is 5.41. The van der Waals surface area contributed by atoms with Crippen molar-refractivity contribution in [1.82, 2.24) is 15.3 Å². The maximum absolute atomic E-state index is 13.2. The number of amides is 2. The Bertz CT molecular complexity index is 1400. The summed E-state index contributed by atoms with van der Waals surface area (Å²) in [5.74, 6) is 5.33. The second-order valence-electron chi connectivity index (χ2n) is 10.5. The van der Waals surface area contributed by atoms with Crippen molar-refractivity contribution in [3.63, 3.8) is 0 Å². The lowest BCUT2D eigenvalue weighted by Crippen LogP contribution is -2.46. The van der Waals surface area contributed by atoms with Crippen LogP contribution in [0.1, 0.15) is 62.5 Å². The molecule has 0 aliphatic carbocycles. The number of rotatable bonds is 7. The summed E-state index contributed by atoms with van der Waals surface area (Å²) >= 11 is 0. The highest BCUT2D eigenvalue weighted by Gasteiger charge is 2.26. The number of carbonyl (C=O) groups is 3. The summed E-state index contributed by atoms with van der Waals surface area (Å²) in [6.45, 7) is 9.11. The number of nitrogens with zero attached hydrogens (tertiary/aromatic N) is 2. The van der Waals surface area contributed by atoms with Crippen molar-refractivity contribution in [2.45, 2.75) is 52.7 Å². The first-order valence-electron chi connectivity index (χ1n) is 12.9. The molecule has 0 saturated heterocycles. The topological polar surface area (TPSA) is 120 Å². The molecule has 3 rings (SSSR count). The molecule has 0 fully saturated rings. The zero-order valence-electron chi connectivity index (χ0n) is 23.6. The Labute approximate surface area is 234 Å². The SMILES string of the molecule is COC(=O)c1cc(NC(=O)[C@H](CC(C)C)NC(=O)OC(C)(C)C)nc(-c2ccc(C#Cc3cccnc3)cc2)c1. The van der Waals surface area contributed by atoms with Gasteiger partial charge in [0, 0.05) is 29.1 Å². The maximum atomic E-state index is 13.2. The second kappa shape index (κ2) is 13.4. The van der Waals surface area contributed by atoms with Crippen LogP contribution < -0.4 is 10.6 Å². The normalized spacial score (nSPS) is 11.6. The Morgan fingerprint density at radius 3 is 2.30 bits per heavy atom. The Balaban J connectivity index is 1.86. The average molecular weight is 543 g/mol. The highest BCUT2D eigenvalue weighted by Crippen LogP contribution is 2.23. The number of esters is 1. The lowest BCUT2D eigenvalue weighted by atomic mass is 10.0. The molecule has 0 spiro atoms. The van der Waals surface area contributed by atoms with E-state index in [1.165, 1.54) is 13.2 Å². The van der Waals surface area contributed by atoms with Crippen molar-refractivity contribution < 1.29 is 23.9 Å². The van der Waals surface area contributed by atoms with Crippen LogP contribution in [0.3, 0.4) is 0 Å². The van der Waals surface area contributed by atoms with E-state index in [0.29, 0.717) is 17.7 Å². The molecule has 1 atom stereocenters. The van der Waals surface area contributed by atoms with E-state index in [1.54, 1.807) is 39.2 Å². The predicted octanol–water partition coefficient (Wildman–Crippen LogP) is 5.21. The molecular formula is C31H34N4O5. The molecule has 2 heterocycles. The summed E-state index contributed by atoms with van der Waals surface area (Å²) in [5.41, 5.74) is 2.24. The van der Waals surface area contributed by atoms with Crippen molar-refractivity contribution >= 4 is 23.8 Å². The zero-order chi connectivity index (χ0) is 29.3. The van der Waals surface area contributed by atoms with Crippen LogP contribution in [-0.2, 0) is 14.3 Å². The van der Waals surface area contributed by atoms with Crippen molar-refractivity contribution in [2.24, 2.45) is 5.92 Å². The zero-order valence-corrected chi connectivity index (χ0v) is 23.6. The number of ether oxygens (including phenoxy) is 2. The van der Waals surface area contributed by atoms with E-state index in [9.17, 15) is 14.4 Å². The first-order chi connectivity index (χ1) is 18.9. The first kappa shape index (κ1) is 29.8. The van der Waals surface area contributed by atoms with Gasteiger partial charge in [0.15, 0.2) is 0 Å². The van der Waals surface area contributed by atoms with Crippen LogP contribution in [0, 0.1) is 17.8 Å². The molecule has 9 heteroatoms. The first-order valence-corrected chi connectivity index (χ1v) is 12.9. The Kier molecular flexibility index (Phi) is 9.98. The summed E-state index contributed by atoms with van der Waals surface area (Å²) in [5, 5.41) is 5.38. The highest BCUT2D eigenvalue weighted by molar-refractivity contribution is 5.98. The lowest BCUT2D eigenvalue weighted by Gasteiger charge is -2.24. The van der Waals surface area contributed by atoms with E-state index in [4.69, 9.17) is 9.47 Å². The summed E-state index contributed by atoms with van der Waals surface area (Å²) in [7, 11) is 1.28. The third kappa shape index (κ3) is 9.24. The van der Waals surface area contributed by atoms with Crippen molar-refractivity contribution in [3.8, 4) is 23.1 Å². The Morgan fingerprint density at radius 1 is 1.00 bits per heavy atom. The second-order valence-corrected chi connectivity index (χ2v) is 10.5. The number of benzene rings is 1. The number of nitrogens with one attached hydrogen (secondary N) is 2. The van der Waals surface area contributed by atoms with Gasteiger partial charge in [-0.05, 0) is 69.5 Å². The lowest BCUT2D eigenvalue weighted by molar-refractivity contribution is -0.118. The molecule has 0 radical (unpaired) electrons. The van der Waals surface area contributed by atoms with Crippen LogP contribution in [0.25, 0.3) is 11.3 Å². The summed E-state index contributed by atoms with van der Waals surface area (Å²) in [6, 6.07) is 13.2. The van der Waals surface area contributed by atoms with Crippen LogP contribution in [0.4, 0.5) is 10.6 Å². The van der Waals surface area contributed by atoms with E-state index in [0.717, 1.165) is 11.1 Å². The number of hydrogen-bond acceptors (Lipinski definition) is 7. The fourth-order valence-electron chi connectivity index (χ4n) is 3.65. The summed E-state index contributed by atoms with van der Waals surface area (Å²) in [6.07, 6.45) is 3.05. The molecule has 208 valence electrons. The van der Waals surface area contributed by atoms with E-state index < -0.39 is 29.6 Å². The van der Waals surface area contributed by atoms with Gasteiger partial charge >= 0.3 is 12.1 Å². The number of anilines is 1. The number of carbonyl (C=O) groups excluding carboxylic acids is 3. The van der Waals surface area contributed by atoms with E-state index in [2.05, 4.69) is 32.4 Å². The Hall–Kier alpha value is -4.71. The van der Waals surface area contributed by atoms with Gasteiger partial charge < -0.3 is 20.1 Å². The minimum Gasteiger partial charge on any atom is -0.465 e. The monoisotopic (exact) mass is 542 g/mol. The third-order valence-electron chi connectivity index (χ3n) is 5.41.